The van der Waals surface area contributed by atoms with E-state index in [0.717, 1.165) is 11.8 Å². The van der Waals surface area contributed by atoms with E-state index in [9.17, 15) is 17.6 Å². The van der Waals surface area contributed by atoms with Crippen LogP contribution in [0.3, 0.4) is 0 Å². The van der Waals surface area contributed by atoms with Crippen LogP contribution >= 0.6 is 11.8 Å². The number of benzene rings is 2. The van der Waals surface area contributed by atoms with Crippen LogP contribution in [0.15, 0.2) is 60.0 Å². The minimum absolute atomic E-state index is 0.0223. The number of rotatable bonds is 6. The summed E-state index contributed by atoms with van der Waals surface area (Å²) in [5.41, 5.74) is -1.44. The summed E-state index contributed by atoms with van der Waals surface area (Å²) >= 11 is 1.46. The molecule has 1 fully saturated rings. The lowest BCUT2D eigenvalue weighted by Crippen LogP contribution is -2.21. The molecule has 4 rings (SSSR count). The van der Waals surface area contributed by atoms with Crippen molar-refractivity contribution in [3.05, 3.63) is 77.4 Å². The largest absolute Gasteiger partial charge is 0.416 e. The highest BCUT2D eigenvalue weighted by Gasteiger charge is 2.61. The topological polar surface area (TPSA) is 43.2 Å². The summed E-state index contributed by atoms with van der Waals surface area (Å²) in [6.45, 7) is 2.08. The minimum atomic E-state index is -4.52. The van der Waals surface area contributed by atoms with Gasteiger partial charge in [0.25, 0.3) is 0 Å². The molecule has 1 aliphatic heterocycles. The van der Waals surface area contributed by atoms with Gasteiger partial charge in [0.15, 0.2) is 5.16 Å². The summed E-state index contributed by atoms with van der Waals surface area (Å²) in [6, 6.07) is 11.1. The summed E-state index contributed by atoms with van der Waals surface area (Å²) in [6.07, 6.45) is -4.02. The molecule has 0 aliphatic carbocycles. The van der Waals surface area contributed by atoms with E-state index in [1.807, 2.05) is 6.92 Å². The van der Waals surface area contributed by atoms with Gasteiger partial charge in [-0.25, -0.2) is 14.1 Å². The molecule has 1 aromatic heterocycles. The standard InChI is InChI=1S/C20H17F4N3OS/c1-2-29-18-25-12-26-27(18)11-19(13-6-5-7-14(21)10-13)17(28-19)15-8-3-4-9-16(15)20(22,23)24/h3-10,12,17H,2,11H2,1H3. The maximum Gasteiger partial charge on any atom is 0.416 e. The molecule has 0 amide bonds. The molecule has 0 N–H and O–H groups in total. The molecule has 2 aromatic carbocycles. The first-order valence-electron chi connectivity index (χ1n) is 8.96. The second-order valence-electron chi connectivity index (χ2n) is 6.62. The Morgan fingerprint density at radius 1 is 1.17 bits per heavy atom. The van der Waals surface area contributed by atoms with Gasteiger partial charge in [-0.05, 0) is 35.1 Å². The molecule has 1 aliphatic rings. The van der Waals surface area contributed by atoms with Gasteiger partial charge in [-0.2, -0.15) is 18.3 Å². The summed E-state index contributed by atoms with van der Waals surface area (Å²) in [4.78, 5) is 4.19. The maximum atomic E-state index is 13.9. The Hall–Kier alpha value is -2.39. The maximum absolute atomic E-state index is 13.9. The van der Waals surface area contributed by atoms with E-state index >= 15 is 0 Å². The van der Waals surface area contributed by atoms with Crippen molar-refractivity contribution in [2.24, 2.45) is 0 Å². The van der Waals surface area contributed by atoms with E-state index in [0.29, 0.717) is 10.7 Å². The Labute approximate surface area is 168 Å². The summed E-state index contributed by atoms with van der Waals surface area (Å²) in [7, 11) is 0. The highest BCUT2D eigenvalue weighted by atomic mass is 32.2. The second-order valence-corrected chi connectivity index (χ2v) is 7.85. The molecule has 152 valence electrons. The van der Waals surface area contributed by atoms with Crippen molar-refractivity contribution in [1.29, 1.82) is 0 Å². The van der Waals surface area contributed by atoms with E-state index in [4.69, 9.17) is 4.74 Å². The number of hydrogen-bond donors (Lipinski definition) is 0. The Morgan fingerprint density at radius 3 is 2.69 bits per heavy atom. The fourth-order valence-corrected chi connectivity index (χ4v) is 4.12. The number of thioether (sulfide) groups is 1. The van der Waals surface area contributed by atoms with Gasteiger partial charge in [0.2, 0.25) is 0 Å². The minimum Gasteiger partial charge on any atom is -0.354 e. The van der Waals surface area contributed by atoms with Crippen molar-refractivity contribution in [3.8, 4) is 0 Å². The van der Waals surface area contributed by atoms with E-state index in [1.165, 1.54) is 54.5 Å². The van der Waals surface area contributed by atoms with Crippen LogP contribution in [0.4, 0.5) is 17.6 Å². The molecule has 3 aromatic rings. The lowest BCUT2D eigenvalue weighted by Gasteiger charge is -2.17. The first-order valence-corrected chi connectivity index (χ1v) is 9.94. The molecule has 0 saturated carbocycles. The predicted molar refractivity (Wildman–Crippen MR) is 99.8 cm³/mol. The second kappa shape index (κ2) is 7.46. The van der Waals surface area contributed by atoms with Crippen LogP contribution in [0.25, 0.3) is 0 Å². The number of hydrogen-bond acceptors (Lipinski definition) is 4. The molecule has 0 spiro atoms. The van der Waals surface area contributed by atoms with E-state index < -0.39 is 29.3 Å². The lowest BCUT2D eigenvalue weighted by atomic mass is 9.89. The quantitative estimate of drug-likeness (QED) is 0.310. The van der Waals surface area contributed by atoms with E-state index in [1.54, 1.807) is 10.7 Å². The van der Waals surface area contributed by atoms with Crippen LogP contribution in [-0.2, 0) is 23.1 Å². The highest BCUT2D eigenvalue weighted by molar-refractivity contribution is 7.99. The van der Waals surface area contributed by atoms with Crippen molar-refractivity contribution in [2.75, 3.05) is 5.75 Å². The Balaban J connectivity index is 1.78. The fourth-order valence-electron chi connectivity index (χ4n) is 3.48. The van der Waals surface area contributed by atoms with Gasteiger partial charge in [-0.1, -0.05) is 49.0 Å². The number of epoxide rings is 1. The number of nitrogens with zero attached hydrogens (tertiary/aromatic N) is 3. The zero-order valence-electron chi connectivity index (χ0n) is 15.4. The van der Waals surface area contributed by atoms with Crippen molar-refractivity contribution in [3.63, 3.8) is 0 Å². The predicted octanol–water partition coefficient (Wildman–Crippen LogP) is 5.22. The Morgan fingerprint density at radius 2 is 1.97 bits per heavy atom. The molecule has 1 saturated heterocycles. The van der Waals surface area contributed by atoms with Crippen LogP contribution in [0.5, 0.6) is 0 Å². The first kappa shape index (κ1) is 19.9. The van der Waals surface area contributed by atoms with Gasteiger partial charge < -0.3 is 4.74 Å². The van der Waals surface area contributed by atoms with Crippen LogP contribution < -0.4 is 0 Å². The fraction of sp³-hybridized carbons (Fsp3) is 0.300. The molecule has 0 radical (unpaired) electrons. The van der Waals surface area contributed by atoms with Crippen LogP contribution in [-0.4, -0.2) is 20.5 Å². The monoisotopic (exact) mass is 423 g/mol. The molecule has 2 heterocycles. The molecule has 2 atom stereocenters. The highest BCUT2D eigenvalue weighted by Crippen LogP contribution is 2.60. The van der Waals surface area contributed by atoms with Gasteiger partial charge in [0.05, 0.1) is 12.1 Å². The summed E-state index contributed by atoms with van der Waals surface area (Å²) < 4.78 is 62.1. The normalized spacial score (nSPS) is 21.3. The third kappa shape index (κ3) is 3.76. The smallest absolute Gasteiger partial charge is 0.354 e. The SMILES string of the molecule is CCSc1ncnn1CC1(c2cccc(F)c2)OC1c1ccccc1C(F)(F)F. The zero-order chi connectivity index (χ0) is 20.6. The van der Waals surface area contributed by atoms with Crippen molar-refractivity contribution < 1.29 is 22.3 Å². The van der Waals surface area contributed by atoms with Gasteiger partial charge in [-0.3, -0.25) is 0 Å². The first-order chi connectivity index (χ1) is 13.8. The average molecular weight is 423 g/mol. The lowest BCUT2D eigenvalue weighted by molar-refractivity contribution is -0.138. The van der Waals surface area contributed by atoms with Crippen molar-refractivity contribution in [1.82, 2.24) is 14.8 Å². The molecule has 4 nitrogen and oxygen atoms in total. The van der Waals surface area contributed by atoms with E-state index in [2.05, 4.69) is 10.1 Å². The van der Waals surface area contributed by atoms with Gasteiger partial charge in [0.1, 0.15) is 23.8 Å². The van der Waals surface area contributed by atoms with E-state index in [-0.39, 0.29) is 12.1 Å². The van der Waals surface area contributed by atoms with Gasteiger partial charge in [0, 0.05) is 0 Å². The third-order valence-electron chi connectivity index (χ3n) is 4.79. The number of alkyl halides is 3. The molecule has 2 unspecified atom stereocenters. The number of halogens is 4. The van der Waals surface area contributed by atoms with Crippen LogP contribution in [0.2, 0.25) is 0 Å². The van der Waals surface area contributed by atoms with Gasteiger partial charge >= 0.3 is 6.18 Å². The summed E-state index contributed by atoms with van der Waals surface area (Å²) in [5.74, 6) is 0.273. The molecule has 29 heavy (non-hydrogen) atoms. The van der Waals surface area contributed by atoms with Crippen LogP contribution in [0, 0.1) is 5.82 Å². The van der Waals surface area contributed by atoms with Crippen molar-refractivity contribution >= 4 is 11.8 Å². The molecular weight excluding hydrogens is 406 g/mol. The van der Waals surface area contributed by atoms with Crippen LogP contribution in [0.1, 0.15) is 29.7 Å². The number of ether oxygens (including phenoxy) is 1. The Kier molecular flexibility index (Phi) is 5.12. The molecule has 9 heteroatoms. The zero-order valence-corrected chi connectivity index (χ0v) is 16.2. The molecule has 0 bridgehead atoms. The third-order valence-corrected chi connectivity index (χ3v) is 5.66. The average Bonchev–Trinajstić information content (AvgIpc) is 3.25. The summed E-state index contributed by atoms with van der Waals surface area (Å²) in [5, 5.41) is 4.82. The van der Waals surface area contributed by atoms with Crippen molar-refractivity contribution in [2.45, 2.75) is 36.5 Å². The van der Waals surface area contributed by atoms with Gasteiger partial charge in [-0.15, -0.1) is 0 Å². The number of aromatic nitrogens is 3. The Bertz CT molecular complexity index is 1020. The molecular formula is C20H17F4N3OS.